The summed E-state index contributed by atoms with van der Waals surface area (Å²) in [5.41, 5.74) is 0. The summed E-state index contributed by atoms with van der Waals surface area (Å²) in [5.74, 6) is 0.166. The van der Waals surface area contributed by atoms with Crippen molar-refractivity contribution >= 4 is 5.91 Å². The number of hydrogen-bond donors (Lipinski definition) is 1. The Hall–Kier alpha value is -0.680. The third-order valence-electron chi connectivity index (χ3n) is 3.41. The van der Waals surface area contributed by atoms with Gasteiger partial charge in [0.15, 0.2) is 0 Å². The zero-order chi connectivity index (χ0) is 18.1. The van der Waals surface area contributed by atoms with Gasteiger partial charge >= 0.3 is 0 Å². The molecule has 0 aliphatic carbocycles. The molecule has 5 heteroatoms. The van der Waals surface area contributed by atoms with Crippen LogP contribution in [0.15, 0.2) is 0 Å². The summed E-state index contributed by atoms with van der Waals surface area (Å²) in [6, 6.07) is 0. The Morgan fingerprint density at radius 3 is 2.04 bits per heavy atom. The van der Waals surface area contributed by atoms with Crippen molar-refractivity contribution in [1.82, 2.24) is 15.1 Å². The molecule has 2 rings (SSSR count). The van der Waals surface area contributed by atoms with Crippen molar-refractivity contribution in [2.24, 2.45) is 0 Å². The van der Waals surface area contributed by atoms with Gasteiger partial charge in [0.1, 0.15) is 6.17 Å². The SMILES string of the molecule is CC.CC.CCCN1CCC(F)C1.CCCN1CCNC(=O)C1. The first-order valence-corrected chi connectivity index (χ1v) is 9.51. The topological polar surface area (TPSA) is 35.6 Å². The molecule has 1 amide bonds. The zero-order valence-corrected chi connectivity index (χ0v) is 16.3. The Morgan fingerprint density at radius 1 is 1.04 bits per heavy atom. The van der Waals surface area contributed by atoms with Crippen LogP contribution in [0.3, 0.4) is 0 Å². The van der Waals surface area contributed by atoms with Crippen LogP contribution in [0, 0.1) is 0 Å². The summed E-state index contributed by atoms with van der Waals surface area (Å²) in [6.07, 6.45) is 2.48. The van der Waals surface area contributed by atoms with Gasteiger partial charge < -0.3 is 10.2 Å². The molecule has 2 saturated heterocycles. The van der Waals surface area contributed by atoms with E-state index in [0.29, 0.717) is 13.1 Å². The zero-order valence-electron chi connectivity index (χ0n) is 16.3. The van der Waals surface area contributed by atoms with E-state index in [1.54, 1.807) is 0 Å². The van der Waals surface area contributed by atoms with Gasteiger partial charge in [-0.2, -0.15) is 0 Å². The van der Waals surface area contributed by atoms with E-state index in [2.05, 4.69) is 29.0 Å². The second kappa shape index (κ2) is 17.7. The average molecular weight is 334 g/mol. The summed E-state index contributed by atoms with van der Waals surface area (Å²) in [4.78, 5) is 15.2. The van der Waals surface area contributed by atoms with Gasteiger partial charge in [0, 0.05) is 26.2 Å². The molecule has 4 nitrogen and oxygen atoms in total. The van der Waals surface area contributed by atoms with E-state index in [1.165, 1.54) is 0 Å². The lowest BCUT2D eigenvalue weighted by Gasteiger charge is -2.25. The monoisotopic (exact) mass is 333 g/mol. The van der Waals surface area contributed by atoms with Crippen LogP contribution < -0.4 is 5.32 Å². The predicted molar refractivity (Wildman–Crippen MR) is 98.7 cm³/mol. The number of piperazine rings is 1. The minimum atomic E-state index is -0.545. The normalized spacial score (nSPS) is 21.0. The van der Waals surface area contributed by atoms with Gasteiger partial charge in [0.05, 0.1) is 6.54 Å². The molecule has 0 radical (unpaired) electrons. The summed E-state index contributed by atoms with van der Waals surface area (Å²) in [5, 5.41) is 2.79. The Labute approximate surface area is 143 Å². The molecule has 2 fully saturated rings. The first-order chi connectivity index (χ1) is 11.2. The van der Waals surface area contributed by atoms with Crippen LogP contribution in [0.2, 0.25) is 0 Å². The van der Waals surface area contributed by atoms with Gasteiger partial charge in [0.25, 0.3) is 0 Å². The lowest BCUT2D eigenvalue weighted by molar-refractivity contribution is -0.124. The molecular formula is C18H40FN3O. The number of carbonyl (C=O) groups is 1. The highest BCUT2D eigenvalue weighted by Crippen LogP contribution is 2.11. The maximum atomic E-state index is 12.5. The number of halogens is 1. The molecule has 1 N–H and O–H groups in total. The predicted octanol–water partition coefficient (Wildman–Crippen LogP) is 3.32. The highest BCUT2D eigenvalue weighted by Gasteiger charge is 2.20. The van der Waals surface area contributed by atoms with E-state index in [1.807, 2.05) is 27.7 Å². The maximum Gasteiger partial charge on any atom is 0.234 e. The number of amides is 1. The van der Waals surface area contributed by atoms with Crippen LogP contribution in [0.1, 0.15) is 60.8 Å². The van der Waals surface area contributed by atoms with Gasteiger partial charge in [-0.3, -0.25) is 9.69 Å². The maximum absolute atomic E-state index is 12.5. The minimum absolute atomic E-state index is 0.166. The smallest absolute Gasteiger partial charge is 0.234 e. The van der Waals surface area contributed by atoms with Crippen LogP contribution in [0.4, 0.5) is 4.39 Å². The molecule has 0 aromatic heterocycles. The minimum Gasteiger partial charge on any atom is -0.354 e. The Balaban J connectivity index is 0. The molecule has 0 aromatic rings. The van der Waals surface area contributed by atoms with Gasteiger partial charge in [-0.05, 0) is 32.4 Å². The number of nitrogens with zero attached hydrogens (tertiary/aromatic N) is 2. The second-order valence-electron chi connectivity index (χ2n) is 5.31. The van der Waals surface area contributed by atoms with Gasteiger partial charge in [-0.15, -0.1) is 0 Å². The van der Waals surface area contributed by atoms with Crippen LogP contribution in [-0.2, 0) is 4.79 Å². The molecule has 23 heavy (non-hydrogen) atoms. The molecule has 0 saturated carbocycles. The third kappa shape index (κ3) is 13.5. The van der Waals surface area contributed by atoms with Crippen LogP contribution in [0.5, 0.6) is 0 Å². The number of likely N-dealkylation sites (tertiary alicyclic amines) is 1. The van der Waals surface area contributed by atoms with Gasteiger partial charge in [-0.1, -0.05) is 41.5 Å². The van der Waals surface area contributed by atoms with E-state index in [4.69, 9.17) is 0 Å². The standard InChI is InChI=1S/C7H14FN.C7H14N2O.2C2H6/c1-2-4-9-5-3-7(8)6-9;1-2-4-9-5-3-8-7(10)6-9;2*1-2/h7H,2-6H2,1H3;2-6H2,1H3,(H,8,10);2*1-2H3. The van der Waals surface area contributed by atoms with Crippen molar-refractivity contribution in [1.29, 1.82) is 0 Å². The molecule has 140 valence electrons. The van der Waals surface area contributed by atoms with E-state index in [0.717, 1.165) is 52.0 Å². The van der Waals surface area contributed by atoms with Crippen molar-refractivity contribution in [3.8, 4) is 0 Å². The van der Waals surface area contributed by atoms with E-state index in [-0.39, 0.29) is 5.91 Å². The Bertz CT molecular complexity index is 261. The molecule has 1 atom stereocenters. The summed E-state index contributed by atoms with van der Waals surface area (Å²) in [6.45, 7) is 18.4. The van der Waals surface area contributed by atoms with E-state index >= 15 is 0 Å². The van der Waals surface area contributed by atoms with Crippen molar-refractivity contribution in [2.45, 2.75) is 67.0 Å². The number of rotatable bonds is 4. The van der Waals surface area contributed by atoms with Crippen LogP contribution in [-0.4, -0.2) is 67.7 Å². The molecule has 2 aliphatic rings. The quantitative estimate of drug-likeness (QED) is 0.857. The molecular weight excluding hydrogens is 293 g/mol. The summed E-state index contributed by atoms with van der Waals surface area (Å²) < 4.78 is 12.5. The fourth-order valence-corrected chi connectivity index (χ4v) is 2.50. The van der Waals surface area contributed by atoms with E-state index in [9.17, 15) is 9.18 Å². The fraction of sp³-hybridized carbons (Fsp3) is 0.944. The number of hydrogen-bond acceptors (Lipinski definition) is 3. The largest absolute Gasteiger partial charge is 0.354 e. The summed E-state index contributed by atoms with van der Waals surface area (Å²) in [7, 11) is 0. The summed E-state index contributed by atoms with van der Waals surface area (Å²) >= 11 is 0. The highest BCUT2D eigenvalue weighted by atomic mass is 19.1. The number of nitrogens with one attached hydrogen (secondary N) is 1. The van der Waals surface area contributed by atoms with Crippen LogP contribution in [0.25, 0.3) is 0 Å². The molecule has 0 aromatic carbocycles. The molecule has 2 aliphatic heterocycles. The first-order valence-electron chi connectivity index (χ1n) is 9.51. The third-order valence-corrected chi connectivity index (χ3v) is 3.41. The number of alkyl halides is 1. The van der Waals surface area contributed by atoms with Crippen molar-refractivity contribution in [3.63, 3.8) is 0 Å². The lowest BCUT2D eigenvalue weighted by atomic mass is 10.3. The molecule has 1 unspecified atom stereocenters. The lowest BCUT2D eigenvalue weighted by Crippen LogP contribution is -2.47. The van der Waals surface area contributed by atoms with Crippen molar-refractivity contribution < 1.29 is 9.18 Å². The number of carbonyl (C=O) groups excluding carboxylic acids is 1. The van der Waals surface area contributed by atoms with Crippen molar-refractivity contribution in [2.75, 3.05) is 45.8 Å². The van der Waals surface area contributed by atoms with Crippen LogP contribution >= 0.6 is 0 Å². The first kappa shape index (κ1) is 24.6. The van der Waals surface area contributed by atoms with E-state index < -0.39 is 6.17 Å². The fourth-order valence-electron chi connectivity index (χ4n) is 2.50. The second-order valence-corrected chi connectivity index (χ2v) is 5.31. The van der Waals surface area contributed by atoms with Crippen molar-refractivity contribution in [3.05, 3.63) is 0 Å². The van der Waals surface area contributed by atoms with Gasteiger partial charge in [-0.25, -0.2) is 4.39 Å². The Morgan fingerprint density at radius 2 is 1.61 bits per heavy atom. The highest BCUT2D eigenvalue weighted by molar-refractivity contribution is 5.78. The molecule has 0 bridgehead atoms. The molecule has 2 heterocycles. The average Bonchev–Trinajstić information content (AvgIpc) is 2.98. The molecule has 0 spiro atoms. The Kier molecular flexibility index (Phi) is 18.9. The van der Waals surface area contributed by atoms with Gasteiger partial charge in [0.2, 0.25) is 5.91 Å².